The van der Waals surface area contributed by atoms with E-state index in [1.165, 1.54) is 0 Å². The zero-order chi connectivity index (χ0) is 11.8. The summed E-state index contributed by atoms with van der Waals surface area (Å²) in [4.78, 5) is 10.6. The van der Waals surface area contributed by atoms with Crippen LogP contribution in [0.3, 0.4) is 0 Å². The van der Waals surface area contributed by atoms with Crippen LogP contribution in [0.5, 0.6) is 11.5 Å². The second-order valence-electron chi connectivity index (χ2n) is 3.22. The summed E-state index contributed by atoms with van der Waals surface area (Å²) < 4.78 is 10.7. The van der Waals surface area contributed by atoms with Crippen molar-refractivity contribution in [2.75, 3.05) is 25.7 Å². The topological polar surface area (TPSA) is 35.5 Å². The molecule has 0 aliphatic carbocycles. The maximum absolute atomic E-state index is 10.6. The number of hydrogen-bond acceptors (Lipinski definition) is 4. The first-order valence-corrected chi connectivity index (χ1v) is 6.46. The van der Waals surface area contributed by atoms with Gasteiger partial charge in [-0.25, -0.2) is 0 Å². The van der Waals surface area contributed by atoms with Gasteiger partial charge in [0.1, 0.15) is 6.29 Å². The van der Waals surface area contributed by atoms with Crippen molar-refractivity contribution in [1.82, 2.24) is 0 Å². The first kappa shape index (κ1) is 12.9. The minimum Gasteiger partial charge on any atom is -0.493 e. The van der Waals surface area contributed by atoms with Crippen LogP contribution in [0.1, 0.15) is 16.8 Å². The summed E-state index contributed by atoms with van der Waals surface area (Å²) in [6.07, 6.45) is 3.84. The van der Waals surface area contributed by atoms with E-state index >= 15 is 0 Å². The number of hydrogen-bond donors (Lipinski definition) is 0. The van der Waals surface area contributed by atoms with E-state index in [4.69, 9.17) is 9.47 Å². The van der Waals surface area contributed by atoms with Gasteiger partial charge in [-0.05, 0) is 36.6 Å². The maximum atomic E-state index is 10.6. The zero-order valence-electron chi connectivity index (χ0n) is 9.56. The van der Waals surface area contributed by atoms with Crippen LogP contribution in [0.2, 0.25) is 0 Å². The lowest BCUT2D eigenvalue weighted by atomic mass is 10.2. The third-order valence-corrected chi connectivity index (χ3v) is 2.77. The first-order valence-electron chi connectivity index (χ1n) is 5.06. The summed E-state index contributed by atoms with van der Waals surface area (Å²) in [5, 5.41) is 0. The lowest BCUT2D eigenvalue weighted by Gasteiger charge is -2.10. The summed E-state index contributed by atoms with van der Waals surface area (Å²) in [5.41, 5.74) is 0.598. The van der Waals surface area contributed by atoms with Gasteiger partial charge in [0.15, 0.2) is 11.5 Å². The van der Waals surface area contributed by atoms with Crippen molar-refractivity contribution in [3.63, 3.8) is 0 Å². The first-order chi connectivity index (χ1) is 7.81. The van der Waals surface area contributed by atoms with Crippen LogP contribution in [0.25, 0.3) is 0 Å². The molecular weight excluding hydrogens is 224 g/mol. The van der Waals surface area contributed by atoms with Crippen molar-refractivity contribution in [3.8, 4) is 11.5 Å². The van der Waals surface area contributed by atoms with Crippen molar-refractivity contribution < 1.29 is 14.3 Å². The quantitative estimate of drug-likeness (QED) is 0.542. The van der Waals surface area contributed by atoms with Crippen LogP contribution >= 0.6 is 11.8 Å². The molecule has 0 fully saturated rings. The van der Waals surface area contributed by atoms with Gasteiger partial charge in [0.05, 0.1) is 13.7 Å². The summed E-state index contributed by atoms with van der Waals surface area (Å²) in [6.45, 7) is 0.638. The molecule has 3 nitrogen and oxygen atoms in total. The van der Waals surface area contributed by atoms with Crippen LogP contribution in [0.15, 0.2) is 18.2 Å². The molecule has 1 aromatic carbocycles. The number of methoxy groups -OCH3 is 1. The van der Waals surface area contributed by atoms with Crippen LogP contribution < -0.4 is 9.47 Å². The molecular formula is C12H16O3S. The normalized spacial score (nSPS) is 9.88. The Morgan fingerprint density at radius 1 is 1.38 bits per heavy atom. The minimum absolute atomic E-state index is 0.598. The molecule has 4 heteroatoms. The molecule has 0 saturated heterocycles. The predicted molar refractivity (Wildman–Crippen MR) is 66.9 cm³/mol. The Hall–Kier alpha value is -1.16. The fourth-order valence-electron chi connectivity index (χ4n) is 1.26. The van der Waals surface area contributed by atoms with E-state index in [2.05, 4.69) is 6.26 Å². The number of carbonyl (C=O) groups excluding carboxylic acids is 1. The van der Waals surface area contributed by atoms with Gasteiger partial charge < -0.3 is 9.47 Å². The average molecular weight is 240 g/mol. The Labute approximate surface area is 100 Å². The van der Waals surface area contributed by atoms with Crippen LogP contribution in [-0.2, 0) is 0 Å². The summed E-state index contributed by atoms with van der Waals surface area (Å²) in [6, 6.07) is 5.15. The molecule has 0 aromatic heterocycles. The molecule has 0 atom stereocenters. The smallest absolute Gasteiger partial charge is 0.161 e. The molecule has 1 rings (SSSR count). The molecule has 0 amide bonds. The Kier molecular flexibility index (Phi) is 5.78. The number of carbonyl (C=O) groups is 1. The van der Waals surface area contributed by atoms with Crippen molar-refractivity contribution >= 4 is 18.0 Å². The number of rotatable bonds is 7. The van der Waals surface area contributed by atoms with E-state index in [9.17, 15) is 4.79 Å². The van der Waals surface area contributed by atoms with Crippen molar-refractivity contribution in [1.29, 1.82) is 0 Å². The predicted octanol–water partition coefficient (Wildman–Crippen LogP) is 2.64. The molecule has 0 bridgehead atoms. The van der Waals surface area contributed by atoms with Crippen LogP contribution in [0, 0.1) is 0 Å². The zero-order valence-corrected chi connectivity index (χ0v) is 10.4. The van der Waals surface area contributed by atoms with Gasteiger partial charge in [0.2, 0.25) is 0 Å². The van der Waals surface area contributed by atoms with Gasteiger partial charge in [-0.3, -0.25) is 4.79 Å². The molecule has 0 unspecified atom stereocenters. The Morgan fingerprint density at radius 3 is 2.81 bits per heavy atom. The third-order valence-electron chi connectivity index (χ3n) is 2.07. The molecule has 16 heavy (non-hydrogen) atoms. The molecule has 0 N–H and O–H groups in total. The SMILES string of the molecule is COc1ccc(C=O)cc1OCCCSC. The van der Waals surface area contributed by atoms with E-state index < -0.39 is 0 Å². The molecule has 0 heterocycles. The number of thioether (sulfide) groups is 1. The number of ether oxygens (including phenoxy) is 2. The van der Waals surface area contributed by atoms with Gasteiger partial charge >= 0.3 is 0 Å². The van der Waals surface area contributed by atoms with Crippen LogP contribution in [-0.4, -0.2) is 32.0 Å². The summed E-state index contributed by atoms with van der Waals surface area (Å²) in [5.74, 6) is 2.36. The number of aldehydes is 1. The Morgan fingerprint density at radius 2 is 2.19 bits per heavy atom. The standard InChI is InChI=1S/C12H16O3S/c1-14-11-5-4-10(9-13)8-12(11)15-6-3-7-16-2/h4-5,8-9H,3,6-7H2,1-2H3. The van der Waals surface area contributed by atoms with Crippen molar-refractivity contribution in [3.05, 3.63) is 23.8 Å². The van der Waals surface area contributed by atoms with E-state index in [-0.39, 0.29) is 0 Å². The summed E-state index contributed by atoms with van der Waals surface area (Å²) in [7, 11) is 1.59. The Bertz CT molecular complexity index is 339. The fourth-order valence-corrected chi connectivity index (χ4v) is 1.67. The molecule has 0 radical (unpaired) electrons. The molecule has 0 aliphatic heterocycles. The third kappa shape index (κ3) is 3.77. The van der Waals surface area contributed by atoms with Gasteiger partial charge in [-0.2, -0.15) is 11.8 Å². The van der Waals surface area contributed by atoms with Crippen molar-refractivity contribution in [2.24, 2.45) is 0 Å². The monoisotopic (exact) mass is 240 g/mol. The lowest BCUT2D eigenvalue weighted by Crippen LogP contribution is -2.01. The van der Waals surface area contributed by atoms with Gasteiger partial charge in [0, 0.05) is 5.56 Å². The summed E-state index contributed by atoms with van der Waals surface area (Å²) >= 11 is 1.79. The largest absolute Gasteiger partial charge is 0.493 e. The molecule has 0 spiro atoms. The second kappa shape index (κ2) is 7.17. The highest BCUT2D eigenvalue weighted by Crippen LogP contribution is 2.27. The second-order valence-corrected chi connectivity index (χ2v) is 4.21. The highest BCUT2D eigenvalue weighted by molar-refractivity contribution is 7.98. The van der Waals surface area contributed by atoms with E-state index in [1.54, 1.807) is 37.1 Å². The highest BCUT2D eigenvalue weighted by Gasteiger charge is 2.05. The van der Waals surface area contributed by atoms with Crippen molar-refractivity contribution in [2.45, 2.75) is 6.42 Å². The van der Waals surface area contributed by atoms with Crippen LogP contribution in [0.4, 0.5) is 0 Å². The van der Waals surface area contributed by atoms with E-state index in [0.717, 1.165) is 18.5 Å². The molecule has 88 valence electrons. The molecule has 0 aliphatic rings. The molecule has 1 aromatic rings. The van der Waals surface area contributed by atoms with Gasteiger partial charge in [0.25, 0.3) is 0 Å². The lowest BCUT2D eigenvalue weighted by molar-refractivity contribution is 0.112. The fraction of sp³-hybridized carbons (Fsp3) is 0.417. The van der Waals surface area contributed by atoms with E-state index in [1.807, 2.05) is 0 Å². The maximum Gasteiger partial charge on any atom is 0.161 e. The average Bonchev–Trinajstić information content (AvgIpc) is 2.34. The Balaban J connectivity index is 2.64. The van der Waals surface area contributed by atoms with Gasteiger partial charge in [-0.1, -0.05) is 0 Å². The van der Waals surface area contributed by atoms with Gasteiger partial charge in [-0.15, -0.1) is 0 Å². The number of benzene rings is 1. The highest BCUT2D eigenvalue weighted by atomic mass is 32.2. The van der Waals surface area contributed by atoms with E-state index in [0.29, 0.717) is 23.7 Å². The molecule has 0 saturated carbocycles. The minimum atomic E-state index is 0.598.